The van der Waals surface area contributed by atoms with Crippen molar-refractivity contribution in [2.45, 2.75) is 18.6 Å². The second-order valence-corrected chi connectivity index (χ2v) is 6.99. The van der Waals surface area contributed by atoms with E-state index in [1.54, 1.807) is 11.3 Å². The first-order chi connectivity index (χ1) is 11.1. The smallest absolute Gasteiger partial charge is 0.268 e. The van der Waals surface area contributed by atoms with Gasteiger partial charge < -0.3 is 24.7 Å². The first-order valence-corrected chi connectivity index (χ1v) is 8.72. The number of aromatic nitrogens is 1. The molecule has 1 aliphatic rings. The summed E-state index contributed by atoms with van der Waals surface area (Å²) in [6.45, 7) is 2.69. The van der Waals surface area contributed by atoms with E-state index in [1.165, 1.54) is 0 Å². The summed E-state index contributed by atoms with van der Waals surface area (Å²) in [5.74, 6) is -0.106. The maximum atomic E-state index is 12.5. The van der Waals surface area contributed by atoms with Crippen molar-refractivity contribution < 1.29 is 14.3 Å². The van der Waals surface area contributed by atoms with Gasteiger partial charge in [-0.15, -0.1) is 11.3 Å². The zero-order chi connectivity index (χ0) is 16.2. The summed E-state index contributed by atoms with van der Waals surface area (Å²) in [5.41, 5.74) is 1.59. The monoisotopic (exact) mass is 337 g/mol. The minimum Gasteiger partial charge on any atom is -0.379 e. The van der Waals surface area contributed by atoms with Gasteiger partial charge in [0.1, 0.15) is 5.69 Å². The van der Waals surface area contributed by atoms with Crippen LogP contribution in [0.3, 0.4) is 0 Å². The fourth-order valence-electron chi connectivity index (χ4n) is 2.66. The third kappa shape index (κ3) is 4.11. The molecule has 0 radical (unpaired) electrons. The Bertz CT molecular complexity index is 623. The SMILES string of the molecule is CN(C)CCO[C@@H]1CCOC[C@@H]1NC(=O)c1cc2sccc2[nH]1. The maximum absolute atomic E-state index is 12.5. The van der Waals surface area contributed by atoms with Gasteiger partial charge in [-0.3, -0.25) is 4.79 Å². The number of fused-ring (bicyclic) bond motifs is 1. The number of likely N-dealkylation sites (N-methyl/N-ethyl adjacent to an activating group) is 1. The number of hydrogen-bond donors (Lipinski definition) is 2. The van der Waals surface area contributed by atoms with Gasteiger partial charge in [0.05, 0.1) is 35.6 Å². The number of rotatable bonds is 6. The number of nitrogens with zero attached hydrogens (tertiary/aromatic N) is 1. The molecule has 23 heavy (non-hydrogen) atoms. The molecule has 1 fully saturated rings. The second-order valence-electron chi connectivity index (χ2n) is 6.04. The summed E-state index contributed by atoms with van der Waals surface area (Å²) < 4.78 is 12.5. The fraction of sp³-hybridized carbons (Fsp3) is 0.562. The molecule has 1 aliphatic heterocycles. The highest BCUT2D eigenvalue weighted by molar-refractivity contribution is 7.17. The zero-order valence-electron chi connectivity index (χ0n) is 13.5. The predicted octanol–water partition coefficient (Wildman–Crippen LogP) is 1.69. The van der Waals surface area contributed by atoms with Crippen LogP contribution >= 0.6 is 11.3 Å². The van der Waals surface area contributed by atoms with E-state index in [9.17, 15) is 4.79 Å². The first kappa shape index (κ1) is 16.4. The molecular weight excluding hydrogens is 314 g/mol. The van der Waals surface area contributed by atoms with Gasteiger partial charge in [0.25, 0.3) is 5.91 Å². The van der Waals surface area contributed by atoms with Crippen molar-refractivity contribution in [3.63, 3.8) is 0 Å². The molecular formula is C16H23N3O3S. The highest BCUT2D eigenvalue weighted by Crippen LogP contribution is 2.21. The molecule has 3 heterocycles. The van der Waals surface area contributed by atoms with Gasteiger partial charge in [0.2, 0.25) is 0 Å². The van der Waals surface area contributed by atoms with Crippen LogP contribution in [0, 0.1) is 0 Å². The van der Waals surface area contributed by atoms with Crippen molar-refractivity contribution >= 4 is 27.5 Å². The van der Waals surface area contributed by atoms with Crippen LogP contribution in [0.25, 0.3) is 10.2 Å². The molecule has 0 aliphatic carbocycles. The molecule has 0 aromatic carbocycles. The van der Waals surface area contributed by atoms with Crippen LogP contribution < -0.4 is 5.32 Å². The minimum atomic E-state index is -0.111. The average molecular weight is 337 g/mol. The summed E-state index contributed by atoms with van der Waals surface area (Å²) >= 11 is 1.62. The van der Waals surface area contributed by atoms with Gasteiger partial charge >= 0.3 is 0 Å². The topological polar surface area (TPSA) is 66.6 Å². The molecule has 2 aromatic rings. The Hall–Kier alpha value is -1.41. The van der Waals surface area contributed by atoms with Crippen molar-refractivity contribution in [1.82, 2.24) is 15.2 Å². The maximum Gasteiger partial charge on any atom is 0.268 e. The number of carbonyl (C=O) groups is 1. The molecule has 0 bridgehead atoms. The van der Waals surface area contributed by atoms with E-state index in [4.69, 9.17) is 9.47 Å². The van der Waals surface area contributed by atoms with Crippen molar-refractivity contribution in [2.75, 3.05) is 40.5 Å². The van der Waals surface area contributed by atoms with Crippen molar-refractivity contribution in [2.24, 2.45) is 0 Å². The van der Waals surface area contributed by atoms with Crippen LogP contribution in [-0.2, 0) is 9.47 Å². The number of hydrogen-bond acceptors (Lipinski definition) is 5. The predicted molar refractivity (Wildman–Crippen MR) is 91.2 cm³/mol. The number of H-pyrrole nitrogens is 1. The van der Waals surface area contributed by atoms with Crippen LogP contribution in [0.4, 0.5) is 0 Å². The molecule has 0 unspecified atom stereocenters. The highest BCUT2D eigenvalue weighted by Gasteiger charge is 2.28. The molecule has 2 N–H and O–H groups in total. The molecule has 1 amide bonds. The summed E-state index contributed by atoms with van der Waals surface area (Å²) in [6, 6.07) is 3.76. The lowest BCUT2D eigenvalue weighted by atomic mass is 10.1. The van der Waals surface area contributed by atoms with Gasteiger partial charge in [-0.25, -0.2) is 0 Å². The molecule has 7 heteroatoms. The van der Waals surface area contributed by atoms with E-state index < -0.39 is 0 Å². The largest absolute Gasteiger partial charge is 0.379 e. The highest BCUT2D eigenvalue weighted by atomic mass is 32.1. The Morgan fingerprint density at radius 3 is 3.22 bits per heavy atom. The van der Waals surface area contributed by atoms with Gasteiger partial charge in [-0.05, 0) is 38.0 Å². The normalized spacial score (nSPS) is 21.9. The quantitative estimate of drug-likeness (QED) is 0.842. The number of thiophene rings is 1. The Kier molecular flexibility index (Phi) is 5.32. The Balaban J connectivity index is 1.59. The molecule has 2 atom stereocenters. The number of ether oxygens (including phenoxy) is 2. The number of aromatic amines is 1. The van der Waals surface area contributed by atoms with E-state index >= 15 is 0 Å². The van der Waals surface area contributed by atoms with Crippen molar-refractivity contribution in [1.29, 1.82) is 0 Å². The first-order valence-electron chi connectivity index (χ1n) is 7.84. The lowest BCUT2D eigenvalue weighted by Gasteiger charge is -2.32. The van der Waals surface area contributed by atoms with Crippen LogP contribution in [-0.4, -0.2) is 68.4 Å². The molecule has 1 saturated heterocycles. The molecule has 6 nitrogen and oxygen atoms in total. The van der Waals surface area contributed by atoms with Crippen LogP contribution in [0.15, 0.2) is 17.5 Å². The molecule has 3 rings (SSSR count). The third-order valence-electron chi connectivity index (χ3n) is 3.96. The third-order valence-corrected chi connectivity index (χ3v) is 4.83. The summed E-state index contributed by atoms with van der Waals surface area (Å²) in [6.07, 6.45) is 0.807. The summed E-state index contributed by atoms with van der Waals surface area (Å²) in [5, 5.41) is 5.05. The minimum absolute atomic E-state index is 0.00345. The van der Waals surface area contributed by atoms with Gasteiger partial charge in [0.15, 0.2) is 0 Å². The number of amides is 1. The standard InChI is InChI=1S/C16H23N3O3S/c1-19(2)5-7-22-14-3-6-21-10-13(14)18-16(20)12-9-15-11(17-12)4-8-23-15/h4,8-9,13-14,17H,3,5-7,10H2,1-2H3,(H,18,20)/t13-,14+/m0/s1. The molecule has 126 valence electrons. The molecule has 0 spiro atoms. The van der Waals surface area contributed by atoms with Crippen LogP contribution in [0.5, 0.6) is 0 Å². The van der Waals surface area contributed by atoms with E-state index in [0.29, 0.717) is 25.5 Å². The fourth-order valence-corrected chi connectivity index (χ4v) is 3.44. The summed E-state index contributed by atoms with van der Waals surface area (Å²) in [4.78, 5) is 17.7. The van der Waals surface area contributed by atoms with E-state index in [0.717, 1.165) is 23.2 Å². The van der Waals surface area contributed by atoms with E-state index in [2.05, 4.69) is 15.2 Å². The van der Waals surface area contributed by atoms with E-state index in [1.807, 2.05) is 31.6 Å². The van der Waals surface area contributed by atoms with Gasteiger partial charge in [-0.1, -0.05) is 0 Å². The Labute approximate surface area is 139 Å². The van der Waals surface area contributed by atoms with Gasteiger partial charge in [-0.2, -0.15) is 0 Å². The second kappa shape index (κ2) is 7.44. The van der Waals surface area contributed by atoms with Gasteiger partial charge in [0, 0.05) is 13.2 Å². The average Bonchev–Trinajstić information content (AvgIpc) is 3.10. The van der Waals surface area contributed by atoms with E-state index in [-0.39, 0.29) is 18.1 Å². The lowest BCUT2D eigenvalue weighted by Crippen LogP contribution is -2.51. The molecule has 2 aromatic heterocycles. The zero-order valence-corrected chi connectivity index (χ0v) is 14.3. The Morgan fingerprint density at radius 1 is 1.57 bits per heavy atom. The van der Waals surface area contributed by atoms with Crippen molar-refractivity contribution in [3.8, 4) is 0 Å². The summed E-state index contributed by atoms with van der Waals surface area (Å²) in [7, 11) is 4.03. The molecule has 0 saturated carbocycles. The Morgan fingerprint density at radius 2 is 2.43 bits per heavy atom. The lowest BCUT2D eigenvalue weighted by molar-refractivity contribution is -0.0562. The number of nitrogens with one attached hydrogen (secondary N) is 2. The van der Waals surface area contributed by atoms with Crippen LogP contribution in [0.2, 0.25) is 0 Å². The number of carbonyl (C=O) groups excluding carboxylic acids is 1. The van der Waals surface area contributed by atoms with Crippen molar-refractivity contribution in [3.05, 3.63) is 23.2 Å². The van der Waals surface area contributed by atoms with Crippen LogP contribution in [0.1, 0.15) is 16.9 Å².